The van der Waals surface area contributed by atoms with Crippen LogP contribution >= 0.6 is 11.8 Å². The minimum atomic E-state index is -1.77. The zero-order valence-corrected chi connectivity index (χ0v) is 15.9. The van der Waals surface area contributed by atoms with Gasteiger partial charge in [-0.15, -0.1) is 0 Å². The zero-order valence-electron chi connectivity index (χ0n) is 15.1. The van der Waals surface area contributed by atoms with Crippen molar-refractivity contribution in [1.82, 2.24) is 0 Å². The van der Waals surface area contributed by atoms with Crippen LogP contribution in [0.25, 0.3) is 0 Å². The number of halogens is 1. The molecule has 2 rings (SSSR count). The Labute approximate surface area is 160 Å². The second-order valence-corrected chi connectivity index (χ2v) is 7.04. The molecule has 1 saturated heterocycles. The van der Waals surface area contributed by atoms with Gasteiger partial charge in [-0.1, -0.05) is 30.0 Å². The first kappa shape index (κ1) is 21.2. The van der Waals surface area contributed by atoms with Crippen LogP contribution in [0.1, 0.15) is 20.8 Å². The Morgan fingerprint density at radius 1 is 1.00 bits per heavy atom. The van der Waals surface area contributed by atoms with Crippen LogP contribution in [0.3, 0.4) is 0 Å². The van der Waals surface area contributed by atoms with E-state index in [4.69, 9.17) is 18.9 Å². The fourth-order valence-electron chi connectivity index (χ4n) is 2.59. The molecule has 1 aliphatic rings. The molecule has 0 bridgehead atoms. The molecule has 0 unspecified atom stereocenters. The summed E-state index contributed by atoms with van der Waals surface area (Å²) in [7, 11) is 0. The highest BCUT2D eigenvalue weighted by molar-refractivity contribution is 7.99. The van der Waals surface area contributed by atoms with Crippen molar-refractivity contribution in [2.75, 3.05) is 6.61 Å². The third-order valence-corrected chi connectivity index (χ3v) is 4.77. The van der Waals surface area contributed by atoms with Crippen LogP contribution in [0.2, 0.25) is 0 Å². The van der Waals surface area contributed by atoms with Gasteiger partial charge in [-0.3, -0.25) is 14.4 Å². The average molecular weight is 400 g/mol. The standard InChI is InChI=1S/C18H21FO7S/c1-10(20)23-9-14-16(24-11(2)21)17(25-12(3)22)15(19)18(26-14)27-13-7-5-4-6-8-13/h4-8,14-18H,9H2,1-3H3/t14-,15+,16-,17-,18-/m1/s1. The number of alkyl halides is 1. The van der Waals surface area contributed by atoms with E-state index in [1.807, 2.05) is 6.07 Å². The summed E-state index contributed by atoms with van der Waals surface area (Å²) in [5.74, 6) is -2.00. The van der Waals surface area contributed by atoms with E-state index in [0.29, 0.717) is 0 Å². The molecular formula is C18H21FO7S. The summed E-state index contributed by atoms with van der Waals surface area (Å²) >= 11 is 1.09. The van der Waals surface area contributed by atoms with Crippen LogP contribution in [-0.2, 0) is 33.3 Å². The number of benzene rings is 1. The van der Waals surface area contributed by atoms with Gasteiger partial charge >= 0.3 is 17.9 Å². The molecule has 27 heavy (non-hydrogen) atoms. The maximum atomic E-state index is 15.1. The topological polar surface area (TPSA) is 88.1 Å². The SMILES string of the molecule is CC(=O)OC[C@H]1O[C@H](Sc2ccccc2)[C@@H](F)[C@@H](OC(C)=O)[C@@H]1OC(C)=O. The number of hydrogen-bond acceptors (Lipinski definition) is 8. The first-order chi connectivity index (χ1) is 12.8. The van der Waals surface area contributed by atoms with Gasteiger partial charge in [0.2, 0.25) is 0 Å². The molecule has 1 aromatic rings. The molecule has 9 heteroatoms. The van der Waals surface area contributed by atoms with E-state index in [1.54, 1.807) is 24.3 Å². The van der Waals surface area contributed by atoms with Crippen LogP contribution in [0.5, 0.6) is 0 Å². The predicted octanol–water partition coefficient (Wildman–Crippen LogP) is 2.27. The molecule has 5 atom stereocenters. The Bertz CT molecular complexity index is 669. The highest BCUT2D eigenvalue weighted by atomic mass is 32.2. The normalized spacial score (nSPS) is 27.5. The van der Waals surface area contributed by atoms with Gasteiger partial charge in [0, 0.05) is 25.7 Å². The van der Waals surface area contributed by atoms with Gasteiger partial charge in [0.05, 0.1) is 0 Å². The number of carbonyl (C=O) groups is 3. The van der Waals surface area contributed by atoms with E-state index < -0.39 is 47.8 Å². The van der Waals surface area contributed by atoms with E-state index in [1.165, 1.54) is 6.92 Å². The minimum absolute atomic E-state index is 0.274. The molecule has 7 nitrogen and oxygen atoms in total. The molecule has 1 aliphatic heterocycles. The summed E-state index contributed by atoms with van der Waals surface area (Å²) in [5, 5.41) is 0. The number of hydrogen-bond donors (Lipinski definition) is 0. The Morgan fingerprint density at radius 3 is 2.15 bits per heavy atom. The minimum Gasteiger partial charge on any atom is -0.463 e. The molecule has 0 saturated carbocycles. The highest BCUT2D eigenvalue weighted by Crippen LogP contribution is 2.37. The van der Waals surface area contributed by atoms with Crippen molar-refractivity contribution in [3.63, 3.8) is 0 Å². The van der Waals surface area contributed by atoms with Crippen LogP contribution in [-0.4, -0.2) is 54.4 Å². The van der Waals surface area contributed by atoms with Crippen LogP contribution in [0.4, 0.5) is 4.39 Å². The van der Waals surface area contributed by atoms with E-state index in [2.05, 4.69) is 0 Å². The van der Waals surface area contributed by atoms with Crippen molar-refractivity contribution in [1.29, 1.82) is 0 Å². The van der Waals surface area contributed by atoms with Crippen molar-refractivity contribution >= 4 is 29.7 Å². The summed E-state index contributed by atoms with van der Waals surface area (Å²) in [6.07, 6.45) is -5.39. The van der Waals surface area contributed by atoms with Gasteiger partial charge in [0.25, 0.3) is 0 Å². The zero-order chi connectivity index (χ0) is 20.0. The first-order valence-electron chi connectivity index (χ1n) is 8.27. The lowest BCUT2D eigenvalue weighted by Crippen LogP contribution is -2.59. The van der Waals surface area contributed by atoms with Crippen molar-refractivity contribution in [2.45, 2.75) is 55.6 Å². The quantitative estimate of drug-likeness (QED) is 0.531. The maximum absolute atomic E-state index is 15.1. The number of ether oxygens (including phenoxy) is 4. The molecule has 1 aromatic carbocycles. The lowest BCUT2D eigenvalue weighted by molar-refractivity contribution is -0.221. The number of rotatable bonds is 6. The van der Waals surface area contributed by atoms with Crippen LogP contribution in [0.15, 0.2) is 35.2 Å². The van der Waals surface area contributed by atoms with Gasteiger partial charge in [-0.05, 0) is 12.1 Å². The summed E-state index contributed by atoms with van der Waals surface area (Å²) in [6, 6.07) is 8.96. The van der Waals surface area contributed by atoms with E-state index in [0.717, 1.165) is 30.5 Å². The summed E-state index contributed by atoms with van der Waals surface area (Å²) in [4.78, 5) is 34.8. The molecule has 0 aromatic heterocycles. The largest absolute Gasteiger partial charge is 0.463 e. The molecule has 1 heterocycles. The van der Waals surface area contributed by atoms with Crippen LogP contribution in [0, 0.1) is 0 Å². The van der Waals surface area contributed by atoms with Crippen molar-refractivity contribution in [3.05, 3.63) is 30.3 Å². The fraction of sp³-hybridized carbons (Fsp3) is 0.500. The van der Waals surface area contributed by atoms with Crippen molar-refractivity contribution in [3.8, 4) is 0 Å². The van der Waals surface area contributed by atoms with E-state index >= 15 is 4.39 Å². The third-order valence-electron chi connectivity index (χ3n) is 3.62. The first-order valence-corrected chi connectivity index (χ1v) is 9.15. The van der Waals surface area contributed by atoms with Gasteiger partial charge in [0.15, 0.2) is 18.4 Å². The Kier molecular flexibility index (Phi) is 7.61. The summed E-state index contributed by atoms with van der Waals surface area (Å²) < 4.78 is 36.0. The number of esters is 3. The second-order valence-electron chi connectivity index (χ2n) is 5.87. The third kappa shape index (κ3) is 6.21. The molecule has 0 aliphatic carbocycles. The molecular weight excluding hydrogens is 379 g/mol. The smallest absolute Gasteiger partial charge is 0.303 e. The highest BCUT2D eigenvalue weighted by Gasteiger charge is 2.51. The van der Waals surface area contributed by atoms with Gasteiger partial charge in [-0.2, -0.15) is 0 Å². The maximum Gasteiger partial charge on any atom is 0.303 e. The molecule has 0 radical (unpaired) electrons. The lowest BCUT2D eigenvalue weighted by Gasteiger charge is -2.41. The van der Waals surface area contributed by atoms with Gasteiger partial charge in [-0.25, -0.2) is 4.39 Å². The molecule has 0 amide bonds. The van der Waals surface area contributed by atoms with Crippen LogP contribution < -0.4 is 0 Å². The average Bonchev–Trinajstić information content (AvgIpc) is 2.59. The van der Waals surface area contributed by atoms with Crippen molar-refractivity contribution < 1.29 is 37.7 Å². The second kappa shape index (κ2) is 9.70. The monoisotopic (exact) mass is 400 g/mol. The molecule has 148 valence electrons. The molecule has 1 fully saturated rings. The summed E-state index contributed by atoms with van der Waals surface area (Å²) in [6.45, 7) is 3.21. The molecule has 0 N–H and O–H groups in total. The van der Waals surface area contributed by atoms with E-state index in [-0.39, 0.29) is 6.61 Å². The van der Waals surface area contributed by atoms with E-state index in [9.17, 15) is 14.4 Å². The summed E-state index contributed by atoms with van der Waals surface area (Å²) in [5.41, 5.74) is -1.05. The van der Waals surface area contributed by atoms with Crippen molar-refractivity contribution in [2.24, 2.45) is 0 Å². The predicted molar refractivity (Wildman–Crippen MR) is 93.6 cm³/mol. The Morgan fingerprint density at radius 2 is 1.59 bits per heavy atom. The molecule has 0 spiro atoms. The Hall–Kier alpha value is -2.13. The fourth-order valence-corrected chi connectivity index (χ4v) is 3.66. The van der Waals surface area contributed by atoms with Gasteiger partial charge in [0.1, 0.15) is 18.1 Å². The van der Waals surface area contributed by atoms with Gasteiger partial charge < -0.3 is 18.9 Å². The number of thioether (sulfide) groups is 1. The lowest BCUT2D eigenvalue weighted by atomic mass is 10.0. The Balaban J connectivity index is 2.27. The number of carbonyl (C=O) groups excluding carboxylic acids is 3.